The number of methoxy groups -OCH3 is 3. The highest BCUT2D eigenvalue weighted by molar-refractivity contribution is 6.32. The predicted molar refractivity (Wildman–Crippen MR) is 142 cm³/mol. The molecular weight excluding hydrogens is 455 g/mol. The van der Waals surface area contributed by atoms with Gasteiger partial charge in [0, 0.05) is 27.6 Å². The minimum absolute atomic E-state index is 0.558. The van der Waals surface area contributed by atoms with Crippen LogP contribution in [0, 0.1) is 13.8 Å². The summed E-state index contributed by atoms with van der Waals surface area (Å²) in [5.41, 5.74) is 6.43. The zero-order valence-electron chi connectivity index (χ0n) is 20.1. The van der Waals surface area contributed by atoms with Crippen molar-refractivity contribution in [1.29, 1.82) is 0 Å². The van der Waals surface area contributed by atoms with Crippen LogP contribution in [0.5, 0.6) is 0 Å². The van der Waals surface area contributed by atoms with Crippen molar-refractivity contribution < 1.29 is 14.2 Å². The van der Waals surface area contributed by atoms with Gasteiger partial charge in [0.05, 0.1) is 27.1 Å². The highest BCUT2D eigenvalue weighted by atomic mass is 35.5. The van der Waals surface area contributed by atoms with E-state index in [-0.39, 0.29) is 0 Å². The van der Waals surface area contributed by atoms with E-state index in [2.05, 4.69) is 25.8 Å². The second kappa shape index (κ2) is 12.0. The Bertz CT molecular complexity index is 1020. The highest BCUT2D eigenvalue weighted by Crippen LogP contribution is 2.36. The van der Waals surface area contributed by atoms with E-state index in [1.807, 2.05) is 38.1 Å². The van der Waals surface area contributed by atoms with Crippen molar-refractivity contribution in [3.8, 4) is 0 Å². The van der Waals surface area contributed by atoms with Crippen molar-refractivity contribution in [3.05, 3.63) is 99.3 Å². The van der Waals surface area contributed by atoms with Crippen LogP contribution in [0.3, 0.4) is 0 Å². The molecule has 3 nitrogen and oxygen atoms in total. The third-order valence-corrected chi connectivity index (χ3v) is 6.49. The van der Waals surface area contributed by atoms with Crippen molar-refractivity contribution in [1.82, 2.24) is 0 Å². The molecule has 0 saturated carbocycles. The molecule has 0 saturated heterocycles. The lowest BCUT2D eigenvalue weighted by Gasteiger charge is -2.18. The van der Waals surface area contributed by atoms with Crippen LogP contribution in [0.4, 0.5) is 0 Å². The first kappa shape index (κ1) is 26.6. The van der Waals surface area contributed by atoms with Crippen LogP contribution < -0.4 is 0 Å². The van der Waals surface area contributed by atoms with Gasteiger partial charge in [-0.2, -0.15) is 0 Å². The number of hydrogen-bond acceptors (Lipinski definition) is 3. The topological polar surface area (TPSA) is 27.7 Å². The maximum absolute atomic E-state index is 6.62. The van der Waals surface area contributed by atoms with E-state index in [4.69, 9.17) is 37.4 Å². The Hall–Kier alpha value is -2.62. The first-order chi connectivity index (χ1) is 15.6. The molecule has 0 bridgehead atoms. The quantitative estimate of drug-likeness (QED) is 0.235. The number of benzene rings is 2. The molecule has 2 rings (SSSR count). The molecule has 0 aliphatic heterocycles. The zero-order valence-corrected chi connectivity index (χ0v) is 21.6. The molecule has 0 aliphatic carbocycles. The van der Waals surface area contributed by atoms with Gasteiger partial charge in [-0.05, 0) is 78.8 Å². The lowest BCUT2D eigenvalue weighted by atomic mass is 9.91. The van der Waals surface area contributed by atoms with E-state index in [1.165, 1.54) is 0 Å². The summed E-state index contributed by atoms with van der Waals surface area (Å²) in [6.07, 6.45) is 4.67. The van der Waals surface area contributed by atoms with E-state index in [0.717, 1.165) is 64.0 Å². The van der Waals surface area contributed by atoms with E-state index >= 15 is 0 Å². The Morgan fingerprint density at radius 2 is 1.24 bits per heavy atom. The van der Waals surface area contributed by atoms with Crippen LogP contribution in [0.25, 0.3) is 17.1 Å². The Balaban J connectivity index is 2.67. The molecule has 5 heteroatoms. The summed E-state index contributed by atoms with van der Waals surface area (Å²) in [5, 5.41) is 1.28. The largest absolute Gasteiger partial charge is 0.502 e. The van der Waals surface area contributed by atoms with Gasteiger partial charge in [-0.15, -0.1) is 0 Å². The molecule has 0 N–H and O–H groups in total. The third kappa shape index (κ3) is 6.46. The summed E-state index contributed by atoms with van der Waals surface area (Å²) in [4.78, 5) is 0. The molecule has 0 spiro atoms. The minimum atomic E-state index is 0.558. The van der Waals surface area contributed by atoms with Crippen LogP contribution in [0.1, 0.15) is 52.6 Å². The summed E-state index contributed by atoms with van der Waals surface area (Å²) in [6, 6.07) is 8.01. The average molecular weight is 487 g/mol. The standard InChI is InChI=1S/C28H32Cl2O3/c1-17(31-6)11-9-10-12-24(22-13-25(20(4)32-7)18(2)27(29)15-22)23-14-26(21(5)33-8)19(3)28(30)16-23/h12-16H,1,4-5,9-11H2,2-3,6-8H3. The number of allylic oxidation sites excluding steroid dienone is 2. The van der Waals surface area contributed by atoms with Crippen LogP contribution in [-0.2, 0) is 14.2 Å². The summed E-state index contributed by atoms with van der Waals surface area (Å²) < 4.78 is 16.0. The van der Waals surface area contributed by atoms with Crippen LogP contribution in [-0.4, -0.2) is 21.3 Å². The van der Waals surface area contributed by atoms with Crippen molar-refractivity contribution in [2.45, 2.75) is 33.1 Å². The van der Waals surface area contributed by atoms with Crippen molar-refractivity contribution in [2.75, 3.05) is 21.3 Å². The van der Waals surface area contributed by atoms with Crippen LogP contribution in [0.15, 0.2) is 55.8 Å². The van der Waals surface area contributed by atoms with Gasteiger partial charge >= 0.3 is 0 Å². The third-order valence-electron chi connectivity index (χ3n) is 5.70. The predicted octanol–water partition coefficient (Wildman–Crippen LogP) is 8.61. The van der Waals surface area contributed by atoms with E-state index < -0.39 is 0 Å². The molecule has 0 aromatic heterocycles. The van der Waals surface area contributed by atoms with E-state index in [1.54, 1.807) is 21.3 Å². The van der Waals surface area contributed by atoms with Gasteiger partial charge in [0.25, 0.3) is 0 Å². The molecule has 2 aromatic rings. The van der Waals surface area contributed by atoms with Gasteiger partial charge in [0.2, 0.25) is 0 Å². The van der Waals surface area contributed by atoms with Gasteiger partial charge in [0.15, 0.2) is 0 Å². The number of ether oxygens (including phenoxy) is 3. The zero-order chi connectivity index (χ0) is 24.7. The Kier molecular flexibility index (Phi) is 9.70. The van der Waals surface area contributed by atoms with Gasteiger partial charge in [-0.1, -0.05) is 49.0 Å². The lowest BCUT2D eigenvalue weighted by Crippen LogP contribution is -1.99. The summed E-state index contributed by atoms with van der Waals surface area (Å²) in [5.74, 6) is 1.88. The van der Waals surface area contributed by atoms with E-state index in [9.17, 15) is 0 Å². The second-order valence-electron chi connectivity index (χ2n) is 7.77. The minimum Gasteiger partial charge on any atom is -0.502 e. The summed E-state index contributed by atoms with van der Waals surface area (Å²) in [6.45, 7) is 15.9. The van der Waals surface area contributed by atoms with Crippen molar-refractivity contribution in [2.24, 2.45) is 0 Å². The fourth-order valence-electron chi connectivity index (χ4n) is 3.52. The fourth-order valence-corrected chi connectivity index (χ4v) is 3.96. The molecule has 33 heavy (non-hydrogen) atoms. The second-order valence-corrected chi connectivity index (χ2v) is 8.58. The normalized spacial score (nSPS) is 10.4. The lowest BCUT2D eigenvalue weighted by molar-refractivity contribution is 0.277. The molecule has 0 unspecified atom stereocenters. The molecular formula is C28H32Cl2O3. The van der Waals surface area contributed by atoms with Crippen LogP contribution in [0.2, 0.25) is 10.0 Å². The SMILES string of the molecule is C=C(CCCC=C(c1cc(Cl)c(C)c(C(=C)OC)c1)c1cc(Cl)c(C)c(C(=C)OC)c1)OC. The average Bonchev–Trinajstić information content (AvgIpc) is 2.81. The first-order valence-corrected chi connectivity index (χ1v) is 11.4. The highest BCUT2D eigenvalue weighted by Gasteiger charge is 2.16. The summed E-state index contributed by atoms with van der Waals surface area (Å²) in [7, 11) is 4.84. The van der Waals surface area contributed by atoms with Gasteiger partial charge in [0.1, 0.15) is 11.5 Å². The molecule has 0 aliphatic rings. The molecule has 176 valence electrons. The number of unbranched alkanes of at least 4 members (excludes halogenated alkanes) is 1. The van der Waals surface area contributed by atoms with Gasteiger partial charge in [-0.25, -0.2) is 0 Å². The Morgan fingerprint density at radius 3 is 1.64 bits per heavy atom. The smallest absolute Gasteiger partial charge is 0.119 e. The Labute approximate surface area is 208 Å². The van der Waals surface area contributed by atoms with Gasteiger partial charge < -0.3 is 14.2 Å². The fraction of sp³-hybridized carbons (Fsp3) is 0.286. The molecule has 0 radical (unpaired) electrons. The maximum atomic E-state index is 6.62. The van der Waals surface area contributed by atoms with Crippen molar-refractivity contribution in [3.63, 3.8) is 0 Å². The summed E-state index contributed by atoms with van der Waals surface area (Å²) >= 11 is 13.2. The number of halogens is 2. The molecule has 0 atom stereocenters. The number of rotatable bonds is 11. The molecule has 0 amide bonds. The monoisotopic (exact) mass is 486 g/mol. The molecule has 0 fully saturated rings. The maximum Gasteiger partial charge on any atom is 0.119 e. The molecule has 0 heterocycles. The van der Waals surface area contributed by atoms with Gasteiger partial charge in [-0.3, -0.25) is 0 Å². The molecule has 2 aromatic carbocycles. The van der Waals surface area contributed by atoms with Crippen LogP contribution >= 0.6 is 23.2 Å². The first-order valence-electron chi connectivity index (χ1n) is 10.6. The number of hydrogen-bond donors (Lipinski definition) is 0. The Morgan fingerprint density at radius 1 is 0.788 bits per heavy atom. The van der Waals surface area contributed by atoms with E-state index in [0.29, 0.717) is 21.6 Å². The van der Waals surface area contributed by atoms with Crippen molar-refractivity contribution >= 4 is 40.3 Å².